The van der Waals surface area contributed by atoms with Crippen molar-refractivity contribution in [3.8, 4) is 0 Å². The number of hydrogen-bond acceptors (Lipinski definition) is 9. The first-order chi connectivity index (χ1) is 18.6. The van der Waals surface area contributed by atoms with E-state index < -0.39 is 41.4 Å². The zero-order valence-electron chi connectivity index (χ0n) is 26.8. The summed E-state index contributed by atoms with van der Waals surface area (Å²) in [5, 5.41) is 13.2. The smallest absolute Gasteiger partial charge is 0.316 e. The van der Waals surface area contributed by atoms with Gasteiger partial charge in [-0.25, -0.2) is 0 Å². The Hall–Kier alpha value is -1.10. The molecule has 0 amide bonds. The molecular weight excluding hydrogens is 512 g/mol. The summed E-state index contributed by atoms with van der Waals surface area (Å²) in [6.07, 6.45) is 4.71. The Morgan fingerprint density at radius 1 is 1.20 bits per heavy atom. The largest absolute Gasteiger partial charge is 0.462 e. The van der Waals surface area contributed by atoms with Gasteiger partial charge in [-0.15, -0.1) is 0 Å². The minimum Gasteiger partial charge on any atom is -0.462 e. The maximum absolute atomic E-state index is 13.7. The van der Waals surface area contributed by atoms with E-state index in [-0.39, 0.29) is 18.5 Å². The number of rotatable bonds is 16. The lowest BCUT2D eigenvalue weighted by Crippen LogP contribution is -2.53. The van der Waals surface area contributed by atoms with Gasteiger partial charge in [0.25, 0.3) is 0 Å². The van der Waals surface area contributed by atoms with E-state index in [1.807, 2.05) is 20.9 Å². The Labute approximate surface area is 243 Å². The van der Waals surface area contributed by atoms with Crippen molar-refractivity contribution >= 4 is 11.8 Å². The zero-order valence-corrected chi connectivity index (χ0v) is 26.8. The molecule has 2 aliphatic heterocycles. The molecule has 0 spiro atoms. The molecular formula is C31H58N2O7. The molecule has 2 heterocycles. The van der Waals surface area contributed by atoms with Crippen LogP contribution in [-0.2, 0) is 28.5 Å². The predicted octanol–water partition coefficient (Wildman–Crippen LogP) is 3.80. The summed E-state index contributed by atoms with van der Waals surface area (Å²) in [5.74, 6) is -1.50. The first-order valence-corrected chi connectivity index (χ1v) is 15.2. The van der Waals surface area contributed by atoms with Crippen molar-refractivity contribution in [3.05, 3.63) is 0 Å². The van der Waals surface area contributed by atoms with Crippen LogP contribution >= 0.6 is 0 Å². The lowest BCUT2D eigenvalue weighted by atomic mass is 9.79. The number of hydrogen-bond donors (Lipinski definition) is 2. The highest BCUT2D eigenvalue weighted by atomic mass is 16.7. The van der Waals surface area contributed by atoms with Gasteiger partial charge in [-0.2, -0.15) is 0 Å². The van der Waals surface area contributed by atoms with Gasteiger partial charge >= 0.3 is 5.97 Å². The Morgan fingerprint density at radius 3 is 2.48 bits per heavy atom. The topological polar surface area (TPSA) is 107 Å². The van der Waals surface area contributed by atoms with Gasteiger partial charge in [-0.05, 0) is 99.8 Å². The van der Waals surface area contributed by atoms with Gasteiger partial charge < -0.3 is 34.3 Å². The second-order valence-corrected chi connectivity index (χ2v) is 13.6. The van der Waals surface area contributed by atoms with Gasteiger partial charge in [0.15, 0.2) is 12.1 Å². The summed E-state index contributed by atoms with van der Waals surface area (Å²) in [7, 11) is 6.11. The standard InChI is InChI=1S/C31H58N2O7/c1-20(17-32-8)12-11-13-24-16-31(7,38-18-24)28(40-26-15-25(33(9)10)14-21(2)39-26)22(3)27(34)23(4)29(35)37-19-30(5,6)36/h20-26,28,32,36H,11-19H2,1-10H3/t20?,21?,22-,23?,24?,25?,26?,28+,31+/m0/s1. The predicted molar refractivity (Wildman–Crippen MR) is 156 cm³/mol. The number of nitrogens with one attached hydrogen (secondary N) is 1. The first-order valence-electron chi connectivity index (χ1n) is 15.2. The summed E-state index contributed by atoms with van der Waals surface area (Å²) in [4.78, 5) is 28.6. The summed E-state index contributed by atoms with van der Waals surface area (Å²) in [5.41, 5.74) is -1.86. The van der Waals surface area contributed by atoms with Crippen LogP contribution in [0.4, 0.5) is 0 Å². The van der Waals surface area contributed by atoms with Crippen LogP contribution in [0.1, 0.15) is 87.0 Å². The maximum atomic E-state index is 13.7. The Kier molecular flexibility index (Phi) is 13.5. The quantitative estimate of drug-likeness (QED) is 0.212. The van der Waals surface area contributed by atoms with Crippen molar-refractivity contribution in [2.24, 2.45) is 23.7 Å². The fraction of sp³-hybridized carbons (Fsp3) is 0.935. The maximum Gasteiger partial charge on any atom is 0.316 e. The van der Waals surface area contributed by atoms with E-state index in [0.717, 1.165) is 38.6 Å². The molecule has 9 atom stereocenters. The van der Waals surface area contributed by atoms with Crippen LogP contribution in [0.3, 0.4) is 0 Å². The highest BCUT2D eigenvalue weighted by Gasteiger charge is 2.50. The lowest BCUT2D eigenvalue weighted by molar-refractivity contribution is -0.258. The van der Waals surface area contributed by atoms with Gasteiger partial charge in [-0.1, -0.05) is 20.3 Å². The van der Waals surface area contributed by atoms with Crippen molar-refractivity contribution < 1.29 is 33.6 Å². The highest BCUT2D eigenvalue weighted by molar-refractivity contribution is 5.99. The van der Waals surface area contributed by atoms with E-state index in [4.69, 9.17) is 18.9 Å². The molecule has 6 unspecified atom stereocenters. The van der Waals surface area contributed by atoms with Gasteiger partial charge in [0.1, 0.15) is 12.5 Å². The molecule has 2 aliphatic rings. The van der Waals surface area contributed by atoms with Crippen molar-refractivity contribution in [1.82, 2.24) is 10.2 Å². The normalized spacial score (nSPS) is 30.6. The summed E-state index contributed by atoms with van der Waals surface area (Å²) in [6.45, 7) is 14.3. The Morgan fingerprint density at radius 2 is 1.88 bits per heavy atom. The van der Waals surface area contributed by atoms with Crippen LogP contribution in [-0.4, -0.2) is 98.4 Å². The summed E-state index contributed by atoms with van der Waals surface area (Å²) >= 11 is 0. The zero-order chi connectivity index (χ0) is 30.3. The molecule has 2 saturated heterocycles. The molecule has 0 aromatic rings. The minimum absolute atomic E-state index is 0.0261. The second-order valence-electron chi connectivity index (χ2n) is 13.6. The number of Topliss-reactive ketones (excluding diaryl/α,β-unsaturated/α-hetero) is 1. The Bertz CT molecular complexity index is 801. The SMILES string of the molecule is CNCC(C)CCCC1CO[C@@](C)([C@H](OC2CC(N(C)C)CC(C)O2)[C@@H](C)C(=O)C(C)C(=O)OCC(C)(C)O)C1. The van der Waals surface area contributed by atoms with Gasteiger partial charge in [-0.3, -0.25) is 9.59 Å². The third-order valence-electron chi connectivity index (χ3n) is 8.54. The molecule has 0 aromatic heterocycles. The average Bonchev–Trinajstić information content (AvgIpc) is 3.25. The molecule has 0 aliphatic carbocycles. The molecule has 0 saturated carbocycles. The van der Waals surface area contributed by atoms with Crippen LogP contribution in [0.25, 0.3) is 0 Å². The molecule has 0 aromatic carbocycles. The summed E-state index contributed by atoms with van der Waals surface area (Å²) in [6, 6.07) is 0.306. The number of ketones is 1. The van der Waals surface area contributed by atoms with Crippen molar-refractivity contribution in [2.75, 3.05) is 40.9 Å². The molecule has 9 heteroatoms. The fourth-order valence-electron chi connectivity index (χ4n) is 6.16. The molecule has 0 bridgehead atoms. The molecule has 2 fully saturated rings. The van der Waals surface area contributed by atoms with Crippen LogP contribution in [0.15, 0.2) is 0 Å². The molecule has 234 valence electrons. The van der Waals surface area contributed by atoms with Gasteiger partial charge in [0, 0.05) is 18.4 Å². The van der Waals surface area contributed by atoms with Crippen molar-refractivity contribution in [2.45, 2.75) is 123 Å². The van der Waals surface area contributed by atoms with E-state index >= 15 is 0 Å². The van der Waals surface area contributed by atoms with E-state index in [0.29, 0.717) is 30.9 Å². The highest BCUT2D eigenvalue weighted by Crippen LogP contribution is 2.41. The number of nitrogens with zero attached hydrogens (tertiary/aromatic N) is 1. The van der Waals surface area contributed by atoms with E-state index in [9.17, 15) is 14.7 Å². The van der Waals surface area contributed by atoms with E-state index in [2.05, 4.69) is 38.2 Å². The van der Waals surface area contributed by atoms with E-state index in [1.165, 1.54) is 0 Å². The average molecular weight is 571 g/mol. The first kappa shape index (κ1) is 35.1. The number of esters is 1. The van der Waals surface area contributed by atoms with Crippen molar-refractivity contribution in [1.29, 1.82) is 0 Å². The van der Waals surface area contributed by atoms with Crippen LogP contribution < -0.4 is 5.32 Å². The molecule has 2 N–H and O–H groups in total. The fourth-order valence-corrected chi connectivity index (χ4v) is 6.16. The van der Waals surface area contributed by atoms with Gasteiger partial charge in [0.2, 0.25) is 0 Å². The number of carbonyl (C=O) groups excluding carboxylic acids is 2. The van der Waals surface area contributed by atoms with Gasteiger partial charge in [0.05, 0.1) is 30.0 Å². The van der Waals surface area contributed by atoms with Crippen molar-refractivity contribution in [3.63, 3.8) is 0 Å². The molecule has 2 rings (SSSR count). The second kappa shape index (κ2) is 15.4. The lowest BCUT2D eigenvalue weighted by Gasteiger charge is -2.43. The third kappa shape index (κ3) is 10.6. The number of aliphatic hydroxyl groups is 1. The molecule has 9 nitrogen and oxygen atoms in total. The third-order valence-corrected chi connectivity index (χ3v) is 8.54. The van der Waals surface area contributed by atoms with Crippen LogP contribution in [0.2, 0.25) is 0 Å². The molecule has 40 heavy (non-hydrogen) atoms. The van der Waals surface area contributed by atoms with Crippen LogP contribution in [0, 0.1) is 23.7 Å². The Balaban J connectivity index is 2.19. The van der Waals surface area contributed by atoms with Crippen LogP contribution in [0.5, 0.6) is 0 Å². The monoisotopic (exact) mass is 570 g/mol. The number of ether oxygens (including phenoxy) is 4. The molecule has 0 radical (unpaired) electrons. The van der Waals surface area contributed by atoms with E-state index in [1.54, 1.807) is 20.8 Å². The minimum atomic E-state index is -1.17. The number of carbonyl (C=O) groups is 2. The summed E-state index contributed by atoms with van der Waals surface area (Å²) < 4.78 is 24.6.